The Morgan fingerprint density at radius 1 is 0.725 bits per heavy atom. The van der Waals surface area contributed by atoms with E-state index in [2.05, 4.69) is 0 Å². The van der Waals surface area contributed by atoms with Gasteiger partial charge in [0.1, 0.15) is 17.0 Å². The molecular weight excluding hydrogens is 705 g/mol. The van der Waals surface area contributed by atoms with Crippen LogP contribution in [0.1, 0.15) is 134 Å². The summed E-state index contributed by atoms with van der Waals surface area (Å²) in [5.41, 5.74) is -0.899. The van der Waals surface area contributed by atoms with E-state index in [9.17, 15) is 24.6 Å². The molecule has 2 amide bonds. The molecule has 6 atom stereocenters. The summed E-state index contributed by atoms with van der Waals surface area (Å²) in [5, 5.41) is 19.2. The van der Waals surface area contributed by atoms with Gasteiger partial charge in [0.2, 0.25) is 0 Å². The number of aliphatic hydroxyl groups excluding tert-OH is 2. The van der Waals surface area contributed by atoms with E-state index in [0.29, 0.717) is 37.6 Å². The predicted molar refractivity (Wildman–Crippen MR) is 208 cm³/mol. The summed E-state index contributed by atoms with van der Waals surface area (Å²) in [6.07, 6.45) is 13.5. The number of Topliss-reactive ketones (excluding diaryl/α,β-unsaturated/α-hetero) is 1. The Kier molecular flexibility index (Phi) is 24.5. The van der Waals surface area contributed by atoms with E-state index in [1.54, 1.807) is 9.80 Å². The smallest absolute Gasteiger partial charge is 1.00 e. The first kappa shape index (κ1) is 52.9. The van der Waals surface area contributed by atoms with E-state index >= 15 is 0 Å². The summed E-state index contributed by atoms with van der Waals surface area (Å²) in [6, 6.07) is 0.252. The van der Waals surface area contributed by atoms with E-state index in [-0.39, 0.29) is 118 Å². The number of rotatable bonds is 0. The number of halogens is 2. The standard InChI is InChI=1S/C12H21NO3.C12H19NO3.C8H14O.C4H8O.CH4.Al.2ClH.Li.4H/c2*1-12(2,3)16-11(15)13-7-8-4-5-9(13)6-10(8)14;9-8-5-6-1-3-7(8)4-2-6;1-2-4-5-3-1;;;;;;;;;/h8-10,14H,4-7H2,1-3H3;8-9H,4-7H2,1-3H3;6-9H,1-5H2;1-4H2;1H4;;2*1H;;;;;/q;;;;;;;;+1;;;;-1. The molecule has 296 valence electrons. The van der Waals surface area contributed by atoms with Gasteiger partial charge in [-0.25, -0.2) is 9.59 Å². The molecule has 0 aromatic heterocycles. The molecule has 10 rings (SSSR count). The average molecular weight is 778 g/mol. The first-order chi connectivity index (χ1) is 21.6. The van der Waals surface area contributed by atoms with Crippen LogP contribution in [-0.4, -0.2) is 117 Å². The molecule has 6 unspecified atom stereocenters. The number of hydrogen-bond donors (Lipinski definition) is 2. The molecule has 51 heavy (non-hydrogen) atoms. The number of amides is 2. The van der Waals surface area contributed by atoms with E-state index < -0.39 is 11.2 Å². The molecule has 14 heteroatoms. The fraction of sp³-hybridized carbons (Fsp3) is 0.919. The van der Waals surface area contributed by atoms with Crippen molar-refractivity contribution < 1.29 is 59.1 Å². The number of fused-ring (bicyclic) bond motifs is 9. The summed E-state index contributed by atoms with van der Waals surface area (Å²) in [4.78, 5) is 38.9. The molecule has 10 nitrogen and oxygen atoms in total. The average Bonchev–Trinajstić information content (AvgIpc) is 3.58. The van der Waals surface area contributed by atoms with Gasteiger partial charge in [0.15, 0.2) is 17.4 Å². The van der Waals surface area contributed by atoms with Gasteiger partial charge < -0.3 is 35.7 Å². The number of aliphatic hydroxyl groups is 2. The van der Waals surface area contributed by atoms with Crippen molar-refractivity contribution in [3.8, 4) is 0 Å². The zero-order valence-corrected chi connectivity index (χ0v) is 32.8. The Labute approximate surface area is 345 Å². The van der Waals surface area contributed by atoms with Crippen LogP contribution in [-0.2, 0) is 19.0 Å². The fourth-order valence-corrected chi connectivity index (χ4v) is 7.93. The van der Waals surface area contributed by atoms with Gasteiger partial charge in [-0.2, -0.15) is 0 Å². The number of ether oxygens (including phenoxy) is 3. The molecule has 6 bridgehead atoms. The largest absolute Gasteiger partial charge is 1.00 e. The number of hydrogen-bond acceptors (Lipinski definition) is 8. The van der Waals surface area contributed by atoms with Crippen molar-refractivity contribution in [3.05, 3.63) is 0 Å². The molecule has 5 saturated carbocycles. The first-order valence-corrected chi connectivity index (χ1v) is 18.1. The van der Waals surface area contributed by atoms with Crippen LogP contribution in [0.4, 0.5) is 9.59 Å². The Balaban J connectivity index is -0.000000629. The zero-order valence-electron chi connectivity index (χ0n) is 32.2. The monoisotopic (exact) mass is 776 g/mol. The molecule has 5 saturated heterocycles. The number of carbonyl (C=O) groups excluding carboxylic acids is 3. The van der Waals surface area contributed by atoms with Crippen molar-refractivity contribution in [2.45, 2.75) is 168 Å². The van der Waals surface area contributed by atoms with Crippen LogP contribution < -0.4 is 18.9 Å². The second-order valence-corrected chi connectivity index (χ2v) is 16.6. The molecule has 2 N–H and O–H groups in total. The minimum absolute atomic E-state index is 0. The molecule has 5 aliphatic carbocycles. The Hall–Kier alpha value is -0.200. The summed E-state index contributed by atoms with van der Waals surface area (Å²) in [6.45, 7) is 14.4. The van der Waals surface area contributed by atoms with Crippen LogP contribution >= 0.6 is 24.8 Å². The maximum atomic E-state index is 11.9. The van der Waals surface area contributed by atoms with Crippen molar-refractivity contribution in [2.24, 2.45) is 23.7 Å². The van der Waals surface area contributed by atoms with Crippen molar-refractivity contribution in [1.29, 1.82) is 0 Å². The second kappa shape index (κ2) is 23.7. The molecule has 10 fully saturated rings. The van der Waals surface area contributed by atoms with Crippen LogP contribution in [0, 0.1) is 23.7 Å². The van der Waals surface area contributed by atoms with E-state index in [1.165, 1.54) is 38.5 Å². The van der Waals surface area contributed by atoms with Gasteiger partial charge in [-0.1, -0.05) is 7.43 Å². The Morgan fingerprint density at radius 3 is 1.49 bits per heavy atom. The number of carbonyl (C=O) groups is 3. The van der Waals surface area contributed by atoms with E-state index in [1.807, 2.05) is 41.5 Å². The summed E-state index contributed by atoms with van der Waals surface area (Å²) in [5.74, 6) is 2.17. The SMILES string of the molecule is C.C1CCOC1.CC(C)(C)OC(=O)N1CC2CCC1CC2=O.CC(C)(C)OC(=O)N1CC2CCC1CC2O.Cl.Cl.OC1CC2CCC1CC2.[AlH3].[H-].[Li+]. The van der Waals surface area contributed by atoms with Crippen molar-refractivity contribution in [2.75, 3.05) is 26.3 Å². The molecule has 0 spiro atoms. The summed E-state index contributed by atoms with van der Waals surface area (Å²) >= 11 is 0. The van der Waals surface area contributed by atoms with Gasteiger partial charge in [-0.05, 0) is 130 Å². The van der Waals surface area contributed by atoms with Crippen LogP contribution in [0.15, 0.2) is 0 Å². The van der Waals surface area contributed by atoms with Gasteiger partial charge in [-0.15, -0.1) is 24.8 Å². The van der Waals surface area contributed by atoms with Crippen molar-refractivity contribution >= 4 is 60.1 Å². The summed E-state index contributed by atoms with van der Waals surface area (Å²) in [7, 11) is 0. The molecule has 10 aliphatic rings. The quantitative estimate of drug-likeness (QED) is 0.359. The molecule has 5 aliphatic heterocycles. The minimum Gasteiger partial charge on any atom is -1.00 e. The fourth-order valence-electron chi connectivity index (χ4n) is 7.93. The molecule has 0 aromatic rings. The van der Waals surface area contributed by atoms with Crippen LogP contribution in [0.2, 0.25) is 0 Å². The molecule has 0 aromatic carbocycles. The summed E-state index contributed by atoms with van der Waals surface area (Å²) < 4.78 is 15.7. The zero-order chi connectivity index (χ0) is 33.6. The third kappa shape index (κ3) is 16.6. The van der Waals surface area contributed by atoms with Crippen LogP contribution in [0.5, 0.6) is 0 Å². The number of ketones is 1. The number of nitrogens with zero attached hydrogens (tertiary/aromatic N) is 2. The van der Waals surface area contributed by atoms with Crippen LogP contribution in [0.25, 0.3) is 0 Å². The van der Waals surface area contributed by atoms with E-state index in [4.69, 9.17) is 14.2 Å². The number of piperidine rings is 4. The first-order valence-electron chi connectivity index (χ1n) is 18.1. The topological polar surface area (TPSA) is 126 Å². The predicted octanol–water partition coefficient (Wildman–Crippen LogP) is 3.51. The van der Waals surface area contributed by atoms with Crippen molar-refractivity contribution in [1.82, 2.24) is 9.80 Å². The third-order valence-electron chi connectivity index (χ3n) is 10.5. The molecule has 0 radical (unpaired) electrons. The molecule has 5 heterocycles. The Morgan fingerprint density at radius 2 is 1.20 bits per heavy atom. The maximum Gasteiger partial charge on any atom is 1.00 e. The van der Waals surface area contributed by atoms with Gasteiger partial charge in [0.25, 0.3) is 0 Å². The third-order valence-corrected chi connectivity index (χ3v) is 10.5. The second-order valence-electron chi connectivity index (χ2n) is 16.6. The normalized spacial score (nSPS) is 31.0. The van der Waals surface area contributed by atoms with E-state index in [0.717, 1.165) is 51.2 Å². The van der Waals surface area contributed by atoms with Gasteiger partial charge in [0, 0.05) is 56.6 Å². The minimum atomic E-state index is -0.461. The van der Waals surface area contributed by atoms with Crippen molar-refractivity contribution in [3.63, 3.8) is 0 Å². The van der Waals surface area contributed by atoms with Gasteiger partial charge in [-0.3, -0.25) is 4.79 Å². The maximum absolute atomic E-state index is 11.9. The van der Waals surface area contributed by atoms with Crippen LogP contribution in [0.3, 0.4) is 0 Å². The Bertz CT molecular complexity index is 1040. The molecular formula is C37H72AlCl2LiN2O8. The van der Waals surface area contributed by atoms with Gasteiger partial charge >= 0.3 is 31.0 Å². The van der Waals surface area contributed by atoms with Gasteiger partial charge in [0.05, 0.1) is 12.2 Å².